The summed E-state index contributed by atoms with van der Waals surface area (Å²) >= 11 is 5.83. The first-order valence-corrected chi connectivity index (χ1v) is 7.61. The van der Waals surface area contributed by atoms with Crippen molar-refractivity contribution in [3.63, 3.8) is 0 Å². The fraction of sp³-hybridized carbons (Fsp3) is 0.312. The van der Waals surface area contributed by atoms with Crippen LogP contribution in [-0.2, 0) is 16.0 Å². The molecule has 0 saturated heterocycles. The number of hydrogen-bond donors (Lipinski definition) is 2. The Morgan fingerprint density at radius 2 is 2.00 bits per heavy atom. The number of oxazole rings is 1. The number of carbonyl (C=O) groups is 2. The summed E-state index contributed by atoms with van der Waals surface area (Å²) in [6.45, 7) is 0. The molecule has 7 heteroatoms. The van der Waals surface area contributed by atoms with Crippen molar-refractivity contribution in [3.8, 4) is 11.5 Å². The molecular formula is C16H15ClN2O4. The van der Waals surface area contributed by atoms with E-state index in [2.05, 4.69) is 10.3 Å². The molecule has 0 aliphatic heterocycles. The van der Waals surface area contributed by atoms with Crippen molar-refractivity contribution in [1.82, 2.24) is 10.3 Å². The van der Waals surface area contributed by atoms with E-state index in [1.165, 1.54) is 6.26 Å². The smallest absolute Gasteiger partial charge is 0.329 e. The number of nitrogens with zero attached hydrogens (tertiary/aromatic N) is 1. The summed E-state index contributed by atoms with van der Waals surface area (Å²) in [5.74, 6) is -0.969. The number of carboxylic acid groups (broad SMARTS) is 1. The summed E-state index contributed by atoms with van der Waals surface area (Å²) in [6.07, 6.45) is 3.10. The predicted octanol–water partition coefficient (Wildman–Crippen LogP) is 2.66. The van der Waals surface area contributed by atoms with E-state index in [1.54, 1.807) is 24.3 Å². The summed E-state index contributed by atoms with van der Waals surface area (Å²) < 4.78 is 5.36. The first-order chi connectivity index (χ1) is 11.0. The molecule has 1 amide bonds. The van der Waals surface area contributed by atoms with E-state index < -0.39 is 11.5 Å². The largest absolute Gasteiger partial charge is 0.480 e. The molecule has 0 radical (unpaired) electrons. The predicted molar refractivity (Wildman–Crippen MR) is 83.0 cm³/mol. The van der Waals surface area contributed by atoms with Gasteiger partial charge in [0.1, 0.15) is 11.8 Å². The van der Waals surface area contributed by atoms with Crippen LogP contribution in [0.25, 0.3) is 11.5 Å². The molecule has 2 N–H and O–H groups in total. The van der Waals surface area contributed by atoms with Gasteiger partial charge in [-0.3, -0.25) is 4.79 Å². The molecule has 0 spiro atoms. The van der Waals surface area contributed by atoms with Gasteiger partial charge in [-0.25, -0.2) is 9.78 Å². The second kappa shape index (κ2) is 6.04. The maximum Gasteiger partial charge on any atom is 0.329 e. The van der Waals surface area contributed by atoms with Crippen LogP contribution in [0.5, 0.6) is 0 Å². The van der Waals surface area contributed by atoms with Gasteiger partial charge in [-0.15, -0.1) is 0 Å². The number of nitrogens with one attached hydrogen (secondary N) is 1. The Labute approximate surface area is 137 Å². The zero-order chi connectivity index (χ0) is 16.4. The number of carbonyl (C=O) groups excluding carboxylic acids is 1. The van der Waals surface area contributed by atoms with E-state index in [-0.39, 0.29) is 12.3 Å². The fourth-order valence-electron chi connectivity index (χ4n) is 2.51. The lowest BCUT2D eigenvalue weighted by atomic mass is 9.76. The Morgan fingerprint density at radius 1 is 1.30 bits per heavy atom. The van der Waals surface area contributed by atoms with Gasteiger partial charge in [0.15, 0.2) is 0 Å². The van der Waals surface area contributed by atoms with Crippen molar-refractivity contribution in [2.75, 3.05) is 0 Å². The molecule has 23 heavy (non-hydrogen) atoms. The Kier molecular flexibility index (Phi) is 4.09. The van der Waals surface area contributed by atoms with Crippen LogP contribution in [0.1, 0.15) is 25.0 Å². The summed E-state index contributed by atoms with van der Waals surface area (Å²) in [5.41, 5.74) is 0.0918. The van der Waals surface area contributed by atoms with Crippen molar-refractivity contribution in [3.05, 3.63) is 41.2 Å². The van der Waals surface area contributed by atoms with Crippen LogP contribution in [0.15, 0.2) is 34.9 Å². The van der Waals surface area contributed by atoms with Crippen LogP contribution in [-0.4, -0.2) is 27.5 Å². The highest BCUT2D eigenvalue weighted by molar-refractivity contribution is 6.30. The van der Waals surface area contributed by atoms with Gasteiger partial charge in [-0.05, 0) is 43.5 Å². The zero-order valence-electron chi connectivity index (χ0n) is 12.2. The van der Waals surface area contributed by atoms with Crippen LogP contribution in [0.4, 0.5) is 0 Å². The van der Waals surface area contributed by atoms with E-state index in [0.29, 0.717) is 29.4 Å². The monoisotopic (exact) mass is 334 g/mol. The highest BCUT2D eigenvalue weighted by Gasteiger charge is 2.45. The van der Waals surface area contributed by atoms with Crippen molar-refractivity contribution < 1.29 is 19.1 Å². The molecule has 2 aromatic rings. The van der Waals surface area contributed by atoms with Crippen molar-refractivity contribution in [1.29, 1.82) is 0 Å². The van der Waals surface area contributed by atoms with Crippen LogP contribution >= 0.6 is 11.6 Å². The third kappa shape index (κ3) is 3.22. The number of aliphatic carboxylic acids is 1. The van der Waals surface area contributed by atoms with E-state index in [1.807, 2.05) is 0 Å². The number of carboxylic acids is 1. The summed E-state index contributed by atoms with van der Waals surface area (Å²) in [5, 5.41) is 12.4. The minimum Gasteiger partial charge on any atom is -0.480 e. The highest BCUT2D eigenvalue weighted by atomic mass is 35.5. The summed E-state index contributed by atoms with van der Waals surface area (Å²) in [4.78, 5) is 27.5. The quantitative estimate of drug-likeness (QED) is 0.877. The second-order valence-corrected chi connectivity index (χ2v) is 6.05. The molecule has 0 atom stereocenters. The van der Waals surface area contributed by atoms with Crippen molar-refractivity contribution >= 4 is 23.5 Å². The Morgan fingerprint density at radius 3 is 2.57 bits per heavy atom. The molecule has 1 saturated carbocycles. The molecule has 1 aromatic carbocycles. The molecule has 1 heterocycles. The number of amides is 1. The number of rotatable bonds is 5. The third-order valence-corrected chi connectivity index (χ3v) is 4.23. The van der Waals surface area contributed by atoms with E-state index in [0.717, 1.165) is 12.0 Å². The Balaban J connectivity index is 1.66. The fourth-order valence-corrected chi connectivity index (χ4v) is 2.64. The Hall–Kier alpha value is -2.34. The van der Waals surface area contributed by atoms with E-state index in [4.69, 9.17) is 16.0 Å². The van der Waals surface area contributed by atoms with Gasteiger partial charge in [0, 0.05) is 10.6 Å². The molecule has 0 unspecified atom stereocenters. The zero-order valence-corrected chi connectivity index (χ0v) is 13.0. The lowest BCUT2D eigenvalue weighted by Crippen LogP contribution is -2.59. The second-order valence-electron chi connectivity index (χ2n) is 5.62. The van der Waals surface area contributed by atoms with Crippen LogP contribution < -0.4 is 5.32 Å². The van der Waals surface area contributed by atoms with Gasteiger partial charge in [0.05, 0.1) is 12.1 Å². The van der Waals surface area contributed by atoms with Gasteiger partial charge < -0.3 is 14.8 Å². The molecular weight excluding hydrogens is 320 g/mol. The van der Waals surface area contributed by atoms with E-state index in [9.17, 15) is 14.7 Å². The molecule has 3 rings (SSSR count). The van der Waals surface area contributed by atoms with Gasteiger partial charge in [-0.1, -0.05) is 11.6 Å². The molecule has 1 fully saturated rings. The maximum absolute atomic E-state index is 12.0. The van der Waals surface area contributed by atoms with Crippen molar-refractivity contribution in [2.24, 2.45) is 0 Å². The topological polar surface area (TPSA) is 92.4 Å². The molecule has 6 nitrogen and oxygen atoms in total. The maximum atomic E-state index is 12.0. The van der Waals surface area contributed by atoms with Crippen molar-refractivity contribution in [2.45, 2.75) is 31.2 Å². The first-order valence-electron chi connectivity index (χ1n) is 7.23. The minimum absolute atomic E-state index is 0.0217. The average Bonchev–Trinajstić information content (AvgIpc) is 2.91. The minimum atomic E-state index is -1.11. The molecule has 1 aliphatic carbocycles. The molecule has 1 aliphatic rings. The average molecular weight is 335 g/mol. The normalized spacial score (nSPS) is 15.7. The lowest BCUT2D eigenvalue weighted by molar-refractivity contribution is -0.151. The van der Waals surface area contributed by atoms with Gasteiger partial charge in [0.2, 0.25) is 11.8 Å². The number of halogens is 1. The van der Waals surface area contributed by atoms with Gasteiger partial charge in [-0.2, -0.15) is 0 Å². The third-order valence-electron chi connectivity index (χ3n) is 3.98. The van der Waals surface area contributed by atoms with E-state index >= 15 is 0 Å². The SMILES string of the molecule is O=C(Cc1coc(-c2ccc(Cl)cc2)n1)NC1(C(=O)O)CCC1. The molecule has 0 bridgehead atoms. The standard InChI is InChI=1S/C16H15ClN2O4/c17-11-4-2-10(3-5-11)14-18-12(9-23-14)8-13(20)19-16(15(21)22)6-1-7-16/h2-5,9H,1,6-8H2,(H,19,20)(H,21,22). The lowest BCUT2D eigenvalue weighted by Gasteiger charge is -2.38. The highest BCUT2D eigenvalue weighted by Crippen LogP contribution is 2.32. The number of benzene rings is 1. The molecule has 120 valence electrons. The van der Waals surface area contributed by atoms with Crippen LogP contribution in [0, 0.1) is 0 Å². The van der Waals surface area contributed by atoms with Crippen LogP contribution in [0.2, 0.25) is 5.02 Å². The number of aromatic nitrogens is 1. The molecule has 1 aromatic heterocycles. The summed E-state index contributed by atoms with van der Waals surface area (Å²) in [6, 6.07) is 6.99. The Bertz CT molecular complexity index is 735. The van der Waals surface area contributed by atoms with Gasteiger partial charge >= 0.3 is 5.97 Å². The van der Waals surface area contributed by atoms with Gasteiger partial charge in [0.25, 0.3) is 0 Å². The first kappa shape index (κ1) is 15.6. The number of hydrogen-bond acceptors (Lipinski definition) is 4. The summed E-state index contributed by atoms with van der Waals surface area (Å²) in [7, 11) is 0. The van der Waals surface area contributed by atoms with Crippen LogP contribution in [0.3, 0.4) is 0 Å².